The van der Waals surface area contributed by atoms with Crippen LogP contribution in [0.3, 0.4) is 0 Å². The first-order chi connectivity index (χ1) is 40.1. The average Bonchev–Trinajstić information content (AvgIpc) is 1.58. The van der Waals surface area contributed by atoms with Crippen molar-refractivity contribution in [2.45, 2.75) is 57.0 Å². The van der Waals surface area contributed by atoms with Crippen LogP contribution in [-0.4, -0.2) is 50.0 Å². The van der Waals surface area contributed by atoms with E-state index in [1.165, 1.54) is 11.1 Å². The van der Waals surface area contributed by atoms with Crippen LogP contribution in [0, 0.1) is 0 Å². The van der Waals surface area contributed by atoms with Crippen LogP contribution in [-0.2, 0) is 17.3 Å². The van der Waals surface area contributed by atoms with Gasteiger partial charge in [-0.15, -0.1) is 16.4 Å². The molecule has 4 N–H and O–H groups in total. The molecule has 11 aromatic rings. The molecule has 0 saturated carbocycles. The minimum Gasteiger partial charge on any atom is -0.460 e. The van der Waals surface area contributed by atoms with Crippen molar-refractivity contribution >= 4 is 111 Å². The monoisotopic (exact) mass is 1060 g/mol. The molecule has 14 rings (SSSR count). The minimum absolute atomic E-state index is 0.00255. The van der Waals surface area contributed by atoms with Crippen molar-refractivity contribution < 1.29 is 4.42 Å². The summed E-state index contributed by atoms with van der Waals surface area (Å²) in [5, 5.41) is 2.08. The molecule has 83 heavy (non-hydrogen) atoms. The highest BCUT2D eigenvalue weighted by Crippen LogP contribution is 2.63. The normalized spacial score (nSPS) is 17.9. The van der Waals surface area contributed by atoms with Crippen molar-refractivity contribution in [2.24, 2.45) is 11.5 Å². The van der Waals surface area contributed by atoms with Crippen molar-refractivity contribution in [3.63, 3.8) is 0 Å². The summed E-state index contributed by atoms with van der Waals surface area (Å²) in [4.78, 5) is 2.37. The van der Waals surface area contributed by atoms with E-state index in [0.717, 1.165) is 106 Å². The van der Waals surface area contributed by atoms with Crippen molar-refractivity contribution in [1.29, 1.82) is 0 Å². The number of benzene rings is 9. The summed E-state index contributed by atoms with van der Waals surface area (Å²) in [7, 11) is 34.0. The van der Waals surface area contributed by atoms with Crippen LogP contribution >= 0.6 is 0 Å². The smallest absolute Gasteiger partial charge is 0.134 e. The summed E-state index contributed by atoms with van der Waals surface area (Å²) in [6, 6.07) is 69.3. The molecule has 1 spiro atoms. The molecule has 10 radical (unpaired) electrons. The van der Waals surface area contributed by atoms with E-state index in [0.29, 0.717) is 23.4 Å². The van der Waals surface area contributed by atoms with Crippen LogP contribution in [0.5, 0.6) is 0 Å². The van der Waals surface area contributed by atoms with E-state index in [1.54, 1.807) is 0 Å². The van der Waals surface area contributed by atoms with Crippen LogP contribution in [0.4, 0.5) is 11.4 Å². The summed E-state index contributed by atoms with van der Waals surface area (Å²) in [6.07, 6.45) is 6.17. The Kier molecular flexibility index (Phi) is 12.4. The Morgan fingerprint density at radius 1 is 0.566 bits per heavy atom. The van der Waals surface area contributed by atoms with E-state index < -0.39 is 11.6 Å². The van der Waals surface area contributed by atoms with Gasteiger partial charge in [0, 0.05) is 34.1 Å². The molecule has 4 heterocycles. The largest absolute Gasteiger partial charge is 0.460 e. The summed E-state index contributed by atoms with van der Waals surface area (Å²) in [5.74, 6) is 1.67. The van der Waals surface area contributed by atoms with Gasteiger partial charge in [0.2, 0.25) is 0 Å². The van der Waals surface area contributed by atoms with Gasteiger partial charge in [-0.3, -0.25) is 4.57 Å². The predicted molar refractivity (Wildman–Crippen MR) is 351 cm³/mol. The third-order valence-corrected chi connectivity index (χ3v) is 17.8. The van der Waals surface area contributed by atoms with Crippen molar-refractivity contribution in [2.75, 3.05) is 4.90 Å². The maximum Gasteiger partial charge on any atom is 0.134 e. The number of para-hydroxylation sites is 2. The molecule has 1 aliphatic carbocycles. The van der Waals surface area contributed by atoms with E-state index in [1.807, 2.05) is 13.0 Å². The third kappa shape index (κ3) is 8.00. The van der Waals surface area contributed by atoms with E-state index in [9.17, 15) is 0 Å². The Balaban J connectivity index is 1.07. The zero-order valence-electron chi connectivity index (χ0n) is 46.9. The molecular formula is C73H55B5N4O. The second-order valence-electron chi connectivity index (χ2n) is 23.5. The van der Waals surface area contributed by atoms with Crippen LogP contribution in [0.25, 0.3) is 66.8 Å². The fraction of sp³-hybridized carbons (Fsp3) is 0.123. The number of allylic oxidation sites excluding steroid dienone is 4. The van der Waals surface area contributed by atoms with Crippen molar-refractivity contribution in [1.82, 2.24) is 4.57 Å². The Morgan fingerprint density at radius 2 is 1.17 bits per heavy atom. The molecule has 2 aliphatic heterocycles. The number of fused-ring (bicyclic) bond motifs is 3. The van der Waals surface area contributed by atoms with Gasteiger partial charge in [0.15, 0.2) is 0 Å². The first kappa shape index (κ1) is 52.3. The maximum atomic E-state index is 8.47. The third-order valence-electron chi connectivity index (χ3n) is 17.8. The zero-order chi connectivity index (χ0) is 57.2. The average molecular weight is 1060 g/mol. The van der Waals surface area contributed by atoms with E-state index in [2.05, 4.69) is 237 Å². The molecule has 5 nitrogen and oxygen atoms in total. The van der Waals surface area contributed by atoms with Gasteiger partial charge >= 0.3 is 0 Å². The lowest BCUT2D eigenvalue weighted by molar-refractivity contribution is 0.484. The maximum absolute atomic E-state index is 8.47. The zero-order valence-corrected chi connectivity index (χ0v) is 46.9. The molecule has 10 heteroatoms. The molecule has 0 saturated heterocycles. The van der Waals surface area contributed by atoms with E-state index in [-0.39, 0.29) is 38.6 Å². The summed E-state index contributed by atoms with van der Waals surface area (Å²) < 4.78 is 9.41. The second-order valence-corrected chi connectivity index (χ2v) is 23.5. The predicted octanol–water partition coefficient (Wildman–Crippen LogP) is 11.3. The molecule has 0 amide bonds. The first-order valence-electron chi connectivity index (χ1n) is 28.3. The topological polar surface area (TPSA) is 73.3 Å². The number of rotatable bonds is 8. The van der Waals surface area contributed by atoms with Crippen molar-refractivity contribution in [3.8, 4) is 33.6 Å². The Morgan fingerprint density at radius 3 is 1.86 bits per heavy atom. The highest BCUT2D eigenvalue weighted by Gasteiger charge is 2.57. The summed E-state index contributed by atoms with van der Waals surface area (Å²) in [6.45, 7) is 8.70. The summed E-state index contributed by atoms with van der Waals surface area (Å²) in [5.41, 5.74) is 34.9. The van der Waals surface area contributed by atoms with Gasteiger partial charge in [-0.05, 0) is 127 Å². The van der Waals surface area contributed by atoms with Crippen LogP contribution in [0.2, 0.25) is 0 Å². The molecule has 3 atom stereocenters. The number of hydrogen-bond donors (Lipinski definition) is 2. The van der Waals surface area contributed by atoms with E-state index in [4.69, 9.17) is 55.1 Å². The van der Waals surface area contributed by atoms with Gasteiger partial charge in [-0.2, -0.15) is 0 Å². The standard InChI is InChI=1S/C73H55B5N4O/c1-41-39-60(79)82-56-27-14-12-22-50(56)51-33-34-53-61(59-36-35-58(83-59)44-29-31-46(32-30-44)72(2,3)4)52-25-16-28-57-63(52)73(64(53)70(51)82,38-37-47(41)62-65(74)67(76)69(78)68(77)66(62)75)71(80)81(57)55-26-13-11-21-45(55)40-54-48(42-17-7-5-8-18-42)23-15-24-49(54)43-19-9-6-10-20-43/h5-39,61,71H,40,79-80H2,1-4H3/b38-37?,47-41?,60-39+. The van der Waals surface area contributed by atoms with Crippen LogP contribution in [0.1, 0.15) is 83.9 Å². The number of hydrogen-bond acceptors (Lipinski definition) is 4. The van der Waals surface area contributed by atoms with Gasteiger partial charge in [-0.25, -0.2) is 0 Å². The minimum atomic E-state index is -1.12. The quantitative estimate of drug-likeness (QED) is 0.149. The molecule has 388 valence electrons. The van der Waals surface area contributed by atoms with E-state index >= 15 is 0 Å². The lowest BCUT2D eigenvalue weighted by Crippen LogP contribution is -2.56. The highest BCUT2D eigenvalue weighted by molar-refractivity contribution is 6.68. The number of furan rings is 1. The van der Waals surface area contributed by atoms with Gasteiger partial charge < -0.3 is 20.8 Å². The molecule has 0 bridgehead atoms. The molecule has 9 aromatic carbocycles. The Hall–Kier alpha value is -8.84. The highest BCUT2D eigenvalue weighted by atomic mass is 16.3. The van der Waals surface area contributed by atoms with Gasteiger partial charge in [0.1, 0.15) is 56.6 Å². The number of nitrogens with two attached hydrogens (primary N) is 2. The molecular weight excluding hydrogens is 1000 g/mol. The molecule has 2 aromatic heterocycles. The molecule has 0 fully saturated rings. The van der Waals surface area contributed by atoms with Gasteiger partial charge in [0.25, 0.3) is 0 Å². The van der Waals surface area contributed by atoms with Gasteiger partial charge in [-0.1, -0.05) is 208 Å². The lowest BCUT2D eigenvalue weighted by atomic mass is 9.59. The SMILES string of the molecule is [B]c1c([B])c([B])c(C2=C(C)/C=C(\N)n3c4ccccc4c4ccc5c(c43)C3(C=C2)c2c(cccc2N(c2ccccc2Cc2c(-c4ccccc4)cccc2-c2ccccc2)C3N)C5c2ccc(-c3ccc(C(C)(C)C)cc3)o2)c([B])c1[B]. The molecule has 3 aliphatic rings. The fourth-order valence-electron chi connectivity index (χ4n) is 13.8. The second kappa shape index (κ2) is 19.7. The van der Waals surface area contributed by atoms with Crippen LogP contribution < -0.4 is 43.7 Å². The van der Waals surface area contributed by atoms with Crippen molar-refractivity contribution in [3.05, 3.63) is 268 Å². The Bertz CT molecular complexity index is 4480. The Labute approximate surface area is 492 Å². The number of aromatic nitrogens is 1. The first-order valence-corrected chi connectivity index (χ1v) is 28.3. The summed E-state index contributed by atoms with van der Waals surface area (Å²) >= 11 is 0. The molecule has 3 unspecified atom stereocenters. The lowest BCUT2D eigenvalue weighted by Gasteiger charge is -2.43. The number of nitrogens with zero attached hydrogens (tertiary/aromatic N) is 2. The number of anilines is 2. The fourth-order valence-corrected chi connectivity index (χ4v) is 13.8. The van der Waals surface area contributed by atoms with Gasteiger partial charge in [0.05, 0.1) is 28.5 Å². The van der Waals surface area contributed by atoms with Crippen LogP contribution in [0.15, 0.2) is 222 Å².